The highest BCUT2D eigenvalue weighted by molar-refractivity contribution is 5.96. The van der Waals surface area contributed by atoms with Crippen LogP contribution in [0.3, 0.4) is 0 Å². The highest BCUT2D eigenvalue weighted by atomic mass is 16.1. The lowest BCUT2D eigenvalue weighted by molar-refractivity contribution is 0.0951. The third-order valence-corrected chi connectivity index (χ3v) is 2.45. The van der Waals surface area contributed by atoms with Gasteiger partial charge in [-0.1, -0.05) is 0 Å². The van der Waals surface area contributed by atoms with Crippen LogP contribution < -0.4 is 16.8 Å². The topological polar surface area (TPSA) is 99.0 Å². The third-order valence-electron chi connectivity index (χ3n) is 2.45. The van der Waals surface area contributed by atoms with E-state index in [9.17, 15) is 4.79 Å². The Morgan fingerprint density at radius 3 is 2.56 bits per heavy atom. The van der Waals surface area contributed by atoms with E-state index < -0.39 is 0 Å². The summed E-state index contributed by atoms with van der Waals surface area (Å²) >= 11 is 0. The van der Waals surface area contributed by atoms with Crippen molar-refractivity contribution in [1.82, 2.24) is 15.1 Å². The van der Waals surface area contributed by atoms with E-state index in [1.54, 1.807) is 29.1 Å². The molecule has 0 bridgehead atoms. The fourth-order valence-corrected chi connectivity index (χ4v) is 1.66. The number of benzene rings is 1. The van der Waals surface area contributed by atoms with Gasteiger partial charge in [0.05, 0.1) is 6.20 Å². The van der Waals surface area contributed by atoms with Gasteiger partial charge in [0.15, 0.2) is 0 Å². The fourth-order valence-electron chi connectivity index (χ4n) is 1.66. The predicted octanol–water partition coefficient (Wildman–Crippen LogP) is 0.514. The molecule has 0 aliphatic carbocycles. The minimum atomic E-state index is -0.210. The highest BCUT2D eigenvalue weighted by Crippen LogP contribution is 2.13. The number of amides is 1. The standard InChI is InChI=1S/C12H15N5O/c1-17-7-8(6-16-17)5-15-12(18)9-2-10(13)4-11(14)3-9/h2-4,6-7H,5,13-14H2,1H3,(H,15,18). The second kappa shape index (κ2) is 4.79. The molecule has 0 aliphatic heterocycles. The van der Waals surface area contributed by atoms with Crippen molar-refractivity contribution in [2.75, 3.05) is 11.5 Å². The van der Waals surface area contributed by atoms with E-state index in [1.165, 1.54) is 0 Å². The van der Waals surface area contributed by atoms with E-state index in [0.717, 1.165) is 5.56 Å². The number of nitrogen functional groups attached to an aromatic ring is 2. The van der Waals surface area contributed by atoms with Gasteiger partial charge in [-0.05, 0) is 18.2 Å². The maximum absolute atomic E-state index is 11.9. The molecule has 94 valence electrons. The number of nitrogens with two attached hydrogens (primary N) is 2. The van der Waals surface area contributed by atoms with Gasteiger partial charge in [0.25, 0.3) is 5.91 Å². The van der Waals surface area contributed by atoms with Crippen LogP contribution in [-0.4, -0.2) is 15.7 Å². The van der Waals surface area contributed by atoms with E-state index >= 15 is 0 Å². The lowest BCUT2D eigenvalue weighted by atomic mass is 10.1. The van der Waals surface area contributed by atoms with Crippen molar-refractivity contribution in [3.63, 3.8) is 0 Å². The fraction of sp³-hybridized carbons (Fsp3) is 0.167. The number of nitrogens with zero attached hydrogens (tertiary/aromatic N) is 2. The maximum atomic E-state index is 11.9. The second-order valence-corrected chi connectivity index (χ2v) is 4.09. The van der Waals surface area contributed by atoms with E-state index in [-0.39, 0.29) is 5.91 Å². The van der Waals surface area contributed by atoms with Crippen LogP contribution in [0.2, 0.25) is 0 Å². The van der Waals surface area contributed by atoms with Crippen LogP contribution in [0.15, 0.2) is 30.6 Å². The average molecular weight is 245 g/mol. The average Bonchev–Trinajstić information content (AvgIpc) is 2.70. The van der Waals surface area contributed by atoms with Crippen molar-refractivity contribution in [3.05, 3.63) is 41.7 Å². The summed E-state index contributed by atoms with van der Waals surface area (Å²) in [5, 5.41) is 6.80. The Bertz CT molecular complexity index is 555. The third kappa shape index (κ3) is 2.79. The van der Waals surface area contributed by atoms with Gasteiger partial charge in [0, 0.05) is 42.3 Å². The Kier molecular flexibility index (Phi) is 3.18. The van der Waals surface area contributed by atoms with Crippen LogP contribution in [0.1, 0.15) is 15.9 Å². The van der Waals surface area contributed by atoms with Gasteiger partial charge < -0.3 is 16.8 Å². The van der Waals surface area contributed by atoms with Crippen molar-refractivity contribution in [3.8, 4) is 0 Å². The predicted molar refractivity (Wildman–Crippen MR) is 69.6 cm³/mol. The van der Waals surface area contributed by atoms with Gasteiger partial charge in [-0.3, -0.25) is 9.48 Å². The number of rotatable bonds is 3. The molecular weight excluding hydrogens is 230 g/mol. The first kappa shape index (κ1) is 12.0. The first-order valence-electron chi connectivity index (χ1n) is 5.46. The van der Waals surface area contributed by atoms with Gasteiger partial charge in [-0.25, -0.2) is 0 Å². The van der Waals surface area contributed by atoms with Crippen molar-refractivity contribution in [2.45, 2.75) is 6.54 Å². The molecule has 1 aromatic carbocycles. The summed E-state index contributed by atoms with van der Waals surface area (Å²) in [7, 11) is 1.82. The number of hydrogen-bond acceptors (Lipinski definition) is 4. The zero-order chi connectivity index (χ0) is 13.1. The molecule has 1 amide bonds. The van der Waals surface area contributed by atoms with Crippen molar-refractivity contribution in [1.29, 1.82) is 0 Å². The summed E-state index contributed by atoms with van der Waals surface area (Å²) in [5.41, 5.74) is 13.6. The van der Waals surface area contributed by atoms with Crippen LogP contribution in [0.25, 0.3) is 0 Å². The molecule has 0 unspecified atom stereocenters. The number of hydrogen-bond donors (Lipinski definition) is 3. The molecule has 0 saturated heterocycles. The maximum Gasteiger partial charge on any atom is 0.251 e. The number of aryl methyl sites for hydroxylation is 1. The SMILES string of the molecule is Cn1cc(CNC(=O)c2cc(N)cc(N)c2)cn1. The Balaban J connectivity index is 2.03. The zero-order valence-corrected chi connectivity index (χ0v) is 10.1. The summed E-state index contributed by atoms with van der Waals surface area (Å²) in [6.07, 6.45) is 3.54. The number of aromatic nitrogens is 2. The van der Waals surface area contributed by atoms with Gasteiger partial charge in [0.1, 0.15) is 0 Å². The van der Waals surface area contributed by atoms with Crippen LogP contribution in [-0.2, 0) is 13.6 Å². The Morgan fingerprint density at radius 1 is 1.33 bits per heavy atom. The van der Waals surface area contributed by atoms with Crippen molar-refractivity contribution in [2.24, 2.45) is 7.05 Å². The Hall–Kier alpha value is -2.50. The molecule has 18 heavy (non-hydrogen) atoms. The molecule has 1 heterocycles. The van der Waals surface area contributed by atoms with E-state index in [1.807, 2.05) is 13.2 Å². The Morgan fingerprint density at radius 2 is 2.00 bits per heavy atom. The molecule has 0 atom stereocenters. The van der Waals surface area contributed by atoms with Crippen LogP contribution in [0.5, 0.6) is 0 Å². The van der Waals surface area contributed by atoms with Gasteiger partial charge in [0.2, 0.25) is 0 Å². The molecule has 5 N–H and O–H groups in total. The summed E-state index contributed by atoms with van der Waals surface area (Å²) in [6, 6.07) is 4.79. The highest BCUT2D eigenvalue weighted by Gasteiger charge is 2.07. The monoisotopic (exact) mass is 245 g/mol. The van der Waals surface area contributed by atoms with Crippen molar-refractivity contribution < 1.29 is 4.79 Å². The number of anilines is 2. The number of nitrogens with one attached hydrogen (secondary N) is 1. The van der Waals surface area contributed by atoms with Gasteiger partial charge >= 0.3 is 0 Å². The van der Waals surface area contributed by atoms with Crippen LogP contribution in [0, 0.1) is 0 Å². The summed E-state index contributed by atoms with van der Waals surface area (Å²) < 4.78 is 1.68. The molecule has 6 nitrogen and oxygen atoms in total. The second-order valence-electron chi connectivity index (χ2n) is 4.09. The van der Waals surface area contributed by atoms with E-state index in [2.05, 4.69) is 10.4 Å². The van der Waals surface area contributed by atoms with Crippen LogP contribution in [0.4, 0.5) is 11.4 Å². The summed E-state index contributed by atoms with van der Waals surface area (Å²) in [5.74, 6) is -0.210. The quantitative estimate of drug-likeness (QED) is 0.686. The molecule has 0 aliphatic rings. The first-order valence-corrected chi connectivity index (χ1v) is 5.46. The van der Waals surface area contributed by atoms with Crippen LogP contribution >= 0.6 is 0 Å². The molecule has 1 aromatic heterocycles. The summed E-state index contributed by atoms with van der Waals surface area (Å²) in [6.45, 7) is 0.418. The Labute approximate surface area is 105 Å². The smallest absolute Gasteiger partial charge is 0.251 e. The minimum Gasteiger partial charge on any atom is -0.399 e. The summed E-state index contributed by atoms with van der Waals surface area (Å²) in [4.78, 5) is 11.9. The molecule has 0 fully saturated rings. The lowest BCUT2D eigenvalue weighted by Crippen LogP contribution is -2.22. The number of carbonyl (C=O) groups is 1. The largest absolute Gasteiger partial charge is 0.399 e. The zero-order valence-electron chi connectivity index (χ0n) is 10.1. The van der Waals surface area contributed by atoms with Gasteiger partial charge in [-0.15, -0.1) is 0 Å². The molecular formula is C12H15N5O. The molecule has 2 aromatic rings. The molecule has 2 rings (SSSR count). The number of carbonyl (C=O) groups excluding carboxylic acids is 1. The normalized spacial score (nSPS) is 10.3. The van der Waals surface area contributed by atoms with Gasteiger partial charge in [-0.2, -0.15) is 5.10 Å². The molecule has 0 radical (unpaired) electrons. The first-order chi connectivity index (χ1) is 8.54. The molecule has 6 heteroatoms. The van der Waals surface area contributed by atoms with Crippen molar-refractivity contribution >= 4 is 17.3 Å². The molecule has 0 saturated carbocycles. The van der Waals surface area contributed by atoms with E-state index in [0.29, 0.717) is 23.5 Å². The molecule has 0 spiro atoms. The minimum absolute atomic E-state index is 0.210. The lowest BCUT2D eigenvalue weighted by Gasteiger charge is -2.05. The van der Waals surface area contributed by atoms with E-state index in [4.69, 9.17) is 11.5 Å².